The quantitative estimate of drug-likeness (QED) is 0.698. The number of nitrogens with one attached hydrogen (secondary N) is 1. The molecule has 23 heavy (non-hydrogen) atoms. The van der Waals surface area contributed by atoms with Gasteiger partial charge >= 0.3 is 0 Å². The van der Waals surface area contributed by atoms with Gasteiger partial charge in [-0.05, 0) is 42.2 Å². The molecule has 1 unspecified atom stereocenters. The van der Waals surface area contributed by atoms with Gasteiger partial charge in [-0.1, -0.05) is 30.3 Å². The lowest BCUT2D eigenvalue weighted by molar-refractivity contribution is -0.118. The molecule has 1 atom stereocenters. The summed E-state index contributed by atoms with van der Waals surface area (Å²) in [5, 5.41) is 3.26. The van der Waals surface area contributed by atoms with Crippen LogP contribution >= 0.6 is 0 Å². The van der Waals surface area contributed by atoms with E-state index in [2.05, 4.69) is 5.32 Å². The second-order valence-electron chi connectivity index (χ2n) is 5.60. The Bertz CT molecular complexity index is 643. The Labute approximate surface area is 135 Å². The van der Waals surface area contributed by atoms with Crippen molar-refractivity contribution in [2.24, 2.45) is 11.5 Å². The summed E-state index contributed by atoms with van der Waals surface area (Å²) < 4.78 is 13.5. The summed E-state index contributed by atoms with van der Waals surface area (Å²) in [5.74, 6) is -0.558. The van der Waals surface area contributed by atoms with Crippen molar-refractivity contribution in [3.63, 3.8) is 0 Å². The van der Waals surface area contributed by atoms with Crippen molar-refractivity contribution in [3.8, 4) is 0 Å². The van der Waals surface area contributed by atoms with E-state index in [1.54, 1.807) is 12.1 Å². The van der Waals surface area contributed by atoms with Crippen molar-refractivity contribution in [3.05, 3.63) is 65.5 Å². The molecule has 1 amide bonds. The molecule has 122 valence electrons. The van der Waals surface area contributed by atoms with Gasteiger partial charge < -0.3 is 16.8 Å². The third-order valence-electron chi connectivity index (χ3n) is 3.60. The molecule has 5 heteroatoms. The smallest absolute Gasteiger partial charge is 0.218 e. The standard InChI is InChI=1S/C18H22FN3O/c19-17-4-2-1-3-14(17)9-10-22-16-7-5-13(6-8-16)11-15(20)12-18(21)23/h1-8,15,22H,9-12,20H2,(H2,21,23). The number of carbonyl (C=O) groups is 1. The van der Waals surface area contributed by atoms with Crippen LogP contribution < -0.4 is 16.8 Å². The number of nitrogens with two attached hydrogens (primary N) is 2. The minimum Gasteiger partial charge on any atom is -0.385 e. The summed E-state index contributed by atoms with van der Waals surface area (Å²) in [6, 6.07) is 14.4. The Morgan fingerprint density at radius 1 is 1.13 bits per heavy atom. The highest BCUT2D eigenvalue weighted by Gasteiger charge is 2.07. The van der Waals surface area contributed by atoms with Gasteiger partial charge in [0.25, 0.3) is 0 Å². The van der Waals surface area contributed by atoms with E-state index in [-0.39, 0.29) is 24.2 Å². The lowest BCUT2D eigenvalue weighted by Gasteiger charge is -2.11. The highest BCUT2D eigenvalue weighted by atomic mass is 19.1. The molecule has 0 radical (unpaired) electrons. The maximum atomic E-state index is 13.5. The maximum Gasteiger partial charge on any atom is 0.218 e. The summed E-state index contributed by atoms with van der Waals surface area (Å²) in [6.45, 7) is 0.654. The number of hydrogen-bond donors (Lipinski definition) is 3. The average Bonchev–Trinajstić information content (AvgIpc) is 2.50. The number of hydrogen-bond acceptors (Lipinski definition) is 3. The van der Waals surface area contributed by atoms with Crippen molar-refractivity contribution < 1.29 is 9.18 Å². The molecular formula is C18H22FN3O. The van der Waals surface area contributed by atoms with Crippen LogP contribution in [0.3, 0.4) is 0 Å². The molecule has 0 fully saturated rings. The van der Waals surface area contributed by atoms with E-state index in [9.17, 15) is 9.18 Å². The number of rotatable bonds is 8. The minimum atomic E-state index is -0.385. The molecule has 0 saturated heterocycles. The largest absolute Gasteiger partial charge is 0.385 e. The Morgan fingerprint density at radius 2 is 1.83 bits per heavy atom. The highest BCUT2D eigenvalue weighted by molar-refractivity contribution is 5.74. The highest BCUT2D eigenvalue weighted by Crippen LogP contribution is 2.12. The second-order valence-corrected chi connectivity index (χ2v) is 5.60. The van der Waals surface area contributed by atoms with Crippen LogP contribution in [0, 0.1) is 5.82 Å². The number of halogens is 1. The van der Waals surface area contributed by atoms with Crippen molar-refractivity contribution in [1.29, 1.82) is 0 Å². The zero-order valence-electron chi connectivity index (χ0n) is 13.0. The first-order valence-corrected chi connectivity index (χ1v) is 7.64. The SMILES string of the molecule is NC(=O)CC(N)Cc1ccc(NCCc2ccccc2F)cc1. The van der Waals surface area contributed by atoms with E-state index >= 15 is 0 Å². The van der Waals surface area contributed by atoms with Crippen LogP contribution in [0.25, 0.3) is 0 Å². The lowest BCUT2D eigenvalue weighted by Crippen LogP contribution is -2.29. The van der Waals surface area contributed by atoms with Gasteiger partial charge in [-0.15, -0.1) is 0 Å². The summed E-state index contributed by atoms with van der Waals surface area (Å²) in [5.41, 5.74) is 13.7. The van der Waals surface area contributed by atoms with Gasteiger partial charge in [0, 0.05) is 24.7 Å². The monoisotopic (exact) mass is 315 g/mol. The second kappa shape index (κ2) is 8.29. The number of anilines is 1. The molecule has 0 heterocycles. The first-order chi connectivity index (χ1) is 11.0. The van der Waals surface area contributed by atoms with Gasteiger partial charge in [0.15, 0.2) is 0 Å². The summed E-state index contributed by atoms with van der Waals surface area (Å²) in [6.07, 6.45) is 1.42. The van der Waals surface area contributed by atoms with Gasteiger partial charge in [-0.25, -0.2) is 4.39 Å². The Morgan fingerprint density at radius 3 is 2.48 bits per heavy atom. The van der Waals surface area contributed by atoms with Crippen LogP contribution in [-0.2, 0) is 17.6 Å². The van der Waals surface area contributed by atoms with Gasteiger partial charge in [-0.2, -0.15) is 0 Å². The molecule has 0 aliphatic carbocycles. The molecule has 0 aliphatic rings. The van der Waals surface area contributed by atoms with E-state index in [1.165, 1.54) is 6.07 Å². The van der Waals surface area contributed by atoms with Crippen LogP contribution in [0.15, 0.2) is 48.5 Å². The normalized spacial score (nSPS) is 11.9. The Balaban J connectivity index is 1.81. The molecule has 0 aliphatic heterocycles. The molecule has 0 spiro atoms. The fourth-order valence-corrected chi connectivity index (χ4v) is 2.43. The number of primary amides is 1. The number of amides is 1. The van der Waals surface area contributed by atoms with E-state index in [0.29, 0.717) is 24.9 Å². The lowest BCUT2D eigenvalue weighted by atomic mass is 10.0. The summed E-state index contributed by atoms with van der Waals surface area (Å²) >= 11 is 0. The maximum absolute atomic E-state index is 13.5. The van der Waals surface area contributed by atoms with Crippen LogP contribution in [0.1, 0.15) is 17.5 Å². The van der Waals surface area contributed by atoms with Gasteiger partial charge in [0.2, 0.25) is 5.91 Å². The van der Waals surface area contributed by atoms with Crippen molar-refractivity contribution in [2.75, 3.05) is 11.9 Å². The van der Waals surface area contributed by atoms with Crippen LogP contribution in [-0.4, -0.2) is 18.5 Å². The van der Waals surface area contributed by atoms with Crippen LogP contribution in [0.4, 0.5) is 10.1 Å². The topological polar surface area (TPSA) is 81.1 Å². The summed E-state index contributed by atoms with van der Waals surface area (Å²) in [4.78, 5) is 10.8. The van der Waals surface area contributed by atoms with Crippen LogP contribution in [0.2, 0.25) is 0 Å². The molecule has 4 nitrogen and oxygen atoms in total. The molecular weight excluding hydrogens is 293 g/mol. The fraction of sp³-hybridized carbons (Fsp3) is 0.278. The first-order valence-electron chi connectivity index (χ1n) is 7.64. The van der Waals surface area contributed by atoms with E-state index in [1.807, 2.05) is 30.3 Å². The number of benzene rings is 2. The summed E-state index contributed by atoms with van der Waals surface area (Å²) in [7, 11) is 0. The third-order valence-corrected chi connectivity index (χ3v) is 3.60. The van der Waals surface area contributed by atoms with Crippen molar-refractivity contribution in [2.45, 2.75) is 25.3 Å². The average molecular weight is 315 g/mol. The Hall–Kier alpha value is -2.40. The Kier molecular flexibility index (Phi) is 6.11. The van der Waals surface area contributed by atoms with Crippen molar-refractivity contribution in [1.82, 2.24) is 0 Å². The van der Waals surface area contributed by atoms with E-state index in [4.69, 9.17) is 11.5 Å². The van der Waals surface area contributed by atoms with E-state index < -0.39 is 0 Å². The molecule has 2 aromatic rings. The zero-order chi connectivity index (χ0) is 16.7. The van der Waals surface area contributed by atoms with Crippen LogP contribution in [0.5, 0.6) is 0 Å². The predicted molar refractivity (Wildman–Crippen MR) is 90.5 cm³/mol. The van der Waals surface area contributed by atoms with Gasteiger partial charge in [0.05, 0.1) is 0 Å². The van der Waals surface area contributed by atoms with Gasteiger partial charge in [0.1, 0.15) is 5.82 Å². The first kappa shape index (κ1) is 17.0. The number of carbonyl (C=O) groups excluding carboxylic acids is 1. The zero-order valence-corrected chi connectivity index (χ0v) is 13.0. The molecule has 0 bridgehead atoms. The van der Waals surface area contributed by atoms with E-state index in [0.717, 1.165) is 11.3 Å². The molecule has 2 aromatic carbocycles. The third kappa shape index (κ3) is 5.71. The molecule has 5 N–H and O–H groups in total. The molecule has 0 aromatic heterocycles. The molecule has 2 rings (SSSR count). The van der Waals surface area contributed by atoms with Gasteiger partial charge in [-0.3, -0.25) is 4.79 Å². The predicted octanol–water partition coefficient (Wildman–Crippen LogP) is 2.23. The minimum absolute atomic E-state index is 0.173. The fourth-order valence-electron chi connectivity index (χ4n) is 2.43. The van der Waals surface area contributed by atoms with Crippen molar-refractivity contribution >= 4 is 11.6 Å². The molecule has 0 saturated carbocycles.